The van der Waals surface area contributed by atoms with Crippen LogP contribution in [0.2, 0.25) is 0 Å². The summed E-state index contributed by atoms with van der Waals surface area (Å²) in [7, 11) is 0. The fourth-order valence-electron chi connectivity index (χ4n) is 2.91. The average molecular weight is 338 g/mol. The summed E-state index contributed by atoms with van der Waals surface area (Å²) in [5, 5.41) is 3.62. The molecule has 1 atom stereocenters. The normalized spacial score (nSPS) is 23.7. The minimum atomic E-state index is 0.742. The SMILES string of the molecule is CC1CCCN(c2ncc(Br)cc2CNC2CC2)CC1. The van der Waals surface area contributed by atoms with E-state index in [1.54, 1.807) is 0 Å². The molecule has 0 radical (unpaired) electrons. The first-order valence-corrected chi connectivity index (χ1v) is 8.64. The van der Waals surface area contributed by atoms with Crippen LogP contribution < -0.4 is 10.2 Å². The molecule has 3 nitrogen and oxygen atoms in total. The Bertz CT molecular complexity index is 459. The Hall–Kier alpha value is -0.610. The lowest BCUT2D eigenvalue weighted by Gasteiger charge is -2.24. The molecule has 2 heterocycles. The smallest absolute Gasteiger partial charge is 0.133 e. The molecule has 2 fully saturated rings. The number of pyridine rings is 1. The van der Waals surface area contributed by atoms with Gasteiger partial charge in [0.05, 0.1) is 0 Å². The summed E-state index contributed by atoms with van der Waals surface area (Å²) in [6.07, 6.45) is 8.52. The molecule has 3 rings (SSSR count). The third-order valence-corrected chi connectivity index (χ3v) is 4.82. The second-order valence-electron chi connectivity index (χ2n) is 6.31. The molecule has 1 aromatic rings. The molecule has 0 bridgehead atoms. The molecule has 1 saturated heterocycles. The van der Waals surface area contributed by atoms with E-state index in [-0.39, 0.29) is 0 Å². The Morgan fingerprint density at radius 2 is 2.15 bits per heavy atom. The Morgan fingerprint density at radius 3 is 2.95 bits per heavy atom. The third kappa shape index (κ3) is 3.73. The molecule has 1 aliphatic carbocycles. The lowest BCUT2D eigenvalue weighted by molar-refractivity contribution is 0.521. The van der Waals surface area contributed by atoms with Crippen molar-refractivity contribution >= 4 is 21.7 Å². The highest BCUT2D eigenvalue weighted by molar-refractivity contribution is 9.10. The molecule has 0 spiro atoms. The van der Waals surface area contributed by atoms with Gasteiger partial charge in [-0.2, -0.15) is 0 Å². The number of aromatic nitrogens is 1. The molecule has 1 aromatic heterocycles. The monoisotopic (exact) mass is 337 g/mol. The molecular weight excluding hydrogens is 314 g/mol. The van der Waals surface area contributed by atoms with Crippen LogP contribution in [0.15, 0.2) is 16.7 Å². The van der Waals surface area contributed by atoms with Gasteiger partial charge >= 0.3 is 0 Å². The van der Waals surface area contributed by atoms with E-state index >= 15 is 0 Å². The standard InChI is InChI=1S/C16H24BrN3/c1-12-3-2-7-20(8-6-12)16-13(9-14(17)11-19-16)10-18-15-4-5-15/h9,11-12,15,18H,2-8,10H2,1H3. The second kappa shape index (κ2) is 6.44. The molecule has 0 amide bonds. The number of nitrogens with zero attached hydrogens (tertiary/aromatic N) is 2. The number of anilines is 1. The summed E-state index contributed by atoms with van der Waals surface area (Å²) >= 11 is 3.56. The van der Waals surface area contributed by atoms with Crippen LogP contribution in [-0.4, -0.2) is 24.1 Å². The van der Waals surface area contributed by atoms with E-state index in [1.165, 1.54) is 43.5 Å². The van der Waals surface area contributed by atoms with Gasteiger partial charge in [0.25, 0.3) is 0 Å². The van der Waals surface area contributed by atoms with Crippen LogP contribution in [0.25, 0.3) is 0 Å². The highest BCUT2D eigenvalue weighted by Gasteiger charge is 2.22. The summed E-state index contributed by atoms with van der Waals surface area (Å²) in [5.41, 5.74) is 1.33. The first kappa shape index (κ1) is 14.3. The van der Waals surface area contributed by atoms with Crippen molar-refractivity contribution in [2.24, 2.45) is 5.92 Å². The number of hydrogen-bond donors (Lipinski definition) is 1. The van der Waals surface area contributed by atoms with Gasteiger partial charge in [0, 0.05) is 41.9 Å². The van der Waals surface area contributed by atoms with Gasteiger partial charge in [0.1, 0.15) is 5.82 Å². The maximum absolute atomic E-state index is 4.71. The zero-order valence-electron chi connectivity index (χ0n) is 12.2. The molecule has 1 saturated carbocycles. The van der Waals surface area contributed by atoms with Crippen molar-refractivity contribution in [3.63, 3.8) is 0 Å². The fourth-order valence-corrected chi connectivity index (χ4v) is 3.28. The Morgan fingerprint density at radius 1 is 1.30 bits per heavy atom. The molecular formula is C16H24BrN3. The summed E-state index contributed by atoms with van der Waals surface area (Å²) in [4.78, 5) is 7.19. The van der Waals surface area contributed by atoms with Crippen LogP contribution in [0.1, 0.15) is 44.6 Å². The van der Waals surface area contributed by atoms with E-state index in [2.05, 4.69) is 39.1 Å². The van der Waals surface area contributed by atoms with Crippen molar-refractivity contribution in [1.29, 1.82) is 0 Å². The number of nitrogens with one attached hydrogen (secondary N) is 1. The topological polar surface area (TPSA) is 28.2 Å². The highest BCUT2D eigenvalue weighted by atomic mass is 79.9. The second-order valence-corrected chi connectivity index (χ2v) is 7.23. The van der Waals surface area contributed by atoms with Crippen LogP contribution >= 0.6 is 15.9 Å². The van der Waals surface area contributed by atoms with Crippen LogP contribution in [0, 0.1) is 5.92 Å². The van der Waals surface area contributed by atoms with E-state index in [0.29, 0.717) is 0 Å². The molecule has 2 aliphatic rings. The summed E-state index contributed by atoms with van der Waals surface area (Å²) in [5.74, 6) is 2.04. The first-order valence-electron chi connectivity index (χ1n) is 7.85. The molecule has 4 heteroatoms. The van der Waals surface area contributed by atoms with Crippen molar-refractivity contribution in [2.45, 2.75) is 51.6 Å². The van der Waals surface area contributed by atoms with Gasteiger partial charge in [0.15, 0.2) is 0 Å². The van der Waals surface area contributed by atoms with Crippen LogP contribution in [0.4, 0.5) is 5.82 Å². The van der Waals surface area contributed by atoms with Crippen LogP contribution in [0.5, 0.6) is 0 Å². The van der Waals surface area contributed by atoms with Gasteiger partial charge < -0.3 is 10.2 Å². The Labute approximate surface area is 130 Å². The van der Waals surface area contributed by atoms with Gasteiger partial charge in [-0.25, -0.2) is 4.98 Å². The third-order valence-electron chi connectivity index (χ3n) is 4.38. The van der Waals surface area contributed by atoms with Gasteiger partial charge in [-0.1, -0.05) is 6.92 Å². The minimum Gasteiger partial charge on any atom is -0.356 e. The van der Waals surface area contributed by atoms with Gasteiger partial charge in [-0.3, -0.25) is 0 Å². The summed E-state index contributed by atoms with van der Waals surface area (Å²) < 4.78 is 1.08. The quantitative estimate of drug-likeness (QED) is 0.907. The summed E-state index contributed by atoms with van der Waals surface area (Å²) in [6.45, 7) is 5.61. The molecule has 20 heavy (non-hydrogen) atoms. The van der Waals surface area contributed by atoms with Gasteiger partial charge in [-0.05, 0) is 60.0 Å². The Kier molecular flexibility index (Phi) is 4.61. The molecule has 0 aromatic carbocycles. The van der Waals surface area contributed by atoms with Crippen molar-refractivity contribution in [3.8, 4) is 0 Å². The van der Waals surface area contributed by atoms with Gasteiger partial charge in [0.2, 0.25) is 0 Å². The van der Waals surface area contributed by atoms with E-state index < -0.39 is 0 Å². The largest absolute Gasteiger partial charge is 0.356 e. The summed E-state index contributed by atoms with van der Waals surface area (Å²) in [6, 6.07) is 2.97. The number of hydrogen-bond acceptors (Lipinski definition) is 3. The van der Waals surface area contributed by atoms with Crippen molar-refractivity contribution in [3.05, 3.63) is 22.3 Å². The lowest BCUT2D eigenvalue weighted by atomic mass is 10.0. The molecule has 110 valence electrons. The number of rotatable bonds is 4. The predicted molar refractivity (Wildman–Crippen MR) is 87.0 cm³/mol. The maximum Gasteiger partial charge on any atom is 0.133 e. The first-order chi connectivity index (χ1) is 9.72. The zero-order valence-corrected chi connectivity index (χ0v) is 13.8. The Balaban J connectivity index is 1.75. The van der Waals surface area contributed by atoms with E-state index in [4.69, 9.17) is 4.98 Å². The molecule has 1 N–H and O–H groups in total. The lowest BCUT2D eigenvalue weighted by Crippen LogP contribution is -2.28. The minimum absolute atomic E-state index is 0.742. The van der Waals surface area contributed by atoms with Gasteiger partial charge in [-0.15, -0.1) is 0 Å². The zero-order chi connectivity index (χ0) is 13.9. The average Bonchev–Trinajstić information content (AvgIpc) is 3.25. The molecule has 1 unspecified atom stereocenters. The van der Waals surface area contributed by atoms with Crippen molar-refractivity contribution in [1.82, 2.24) is 10.3 Å². The predicted octanol–water partition coefficient (Wildman–Crippen LogP) is 3.72. The van der Waals surface area contributed by atoms with Crippen molar-refractivity contribution < 1.29 is 0 Å². The van der Waals surface area contributed by atoms with Crippen LogP contribution in [0.3, 0.4) is 0 Å². The highest BCUT2D eigenvalue weighted by Crippen LogP contribution is 2.27. The van der Waals surface area contributed by atoms with E-state index in [9.17, 15) is 0 Å². The fraction of sp³-hybridized carbons (Fsp3) is 0.688. The van der Waals surface area contributed by atoms with E-state index in [1.807, 2.05) is 6.20 Å². The molecule has 1 aliphatic heterocycles. The van der Waals surface area contributed by atoms with Crippen LogP contribution in [-0.2, 0) is 6.54 Å². The van der Waals surface area contributed by atoms with Crippen molar-refractivity contribution in [2.75, 3.05) is 18.0 Å². The maximum atomic E-state index is 4.71. The number of halogens is 1. The van der Waals surface area contributed by atoms with E-state index in [0.717, 1.165) is 36.1 Å².